The highest BCUT2D eigenvalue weighted by Crippen LogP contribution is 2.20. The number of hydrogen-bond donors (Lipinski definition) is 1. The third-order valence-corrected chi connectivity index (χ3v) is 3.46. The molecule has 0 atom stereocenters. The molecule has 0 aliphatic heterocycles. The van der Waals surface area contributed by atoms with Gasteiger partial charge in [0, 0.05) is 28.3 Å². The van der Waals surface area contributed by atoms with E-state index in [1.54, 1.807) is 12.4 Å². The smallest absolute Gasteiger partial charge is 0.142 e. The van der Waals surface area contributed by atoms with Gasteiger partial charge in [-0.1, -0.05) is 28.1 Å². The molecule has 0 saturated carbocycles. The van der Waals surface area contributed by atoms with Gasteiger partial charge in [-0.2, -0.15) is 0 Å². The first kappa shape index (κ1) is 16.0. The summed E-state index contributed by atoms with van der Waals surface area (Å²) in [7, 11) is 0. The summed E-state index contributed by atoms with van der Waals surface area (Å²) in [4.78, 5) is 4.16. The van der Waals surface area contributed by atoms with Gasteiger partial charge in [0.2, 0.25) is 0 Å². The summed E-state index contributed by atoms with van der Waals surface area (Å²) in [6.07, 6.45) is 3.57. The lowest BCUT2D eigenvalue weighted by molar-refractivity contribution is 0.299. The predicted octanol–water partition coefficient (Wildman–Crippen LogP) is 4.31. The van der Waals surface area contributed by atoms with Gasteiger partial charge in [-0.15, -0.1) is 0 Å². The summed E-state index contributed by atoms with van der Waals surface area (Å²) in [6.45, 7) is 7.75. The van der Waals surface area contributed by atoms with E-state index >= 15 is 0 Å². The first-order chi connectivity index (χ1) is 9.94. The van der Waals surface area contributed by atoms with Crippen LogP contribution < -0.4 is 10.1 Å². The van der Waals surface area contributed by atoms with Crippen molar-refractivity contribution < 1.29 is 4.74 Å². The zero-order valence-corrected chi connectivity index (χ0v) is 14.3. The van der Waals surface area contributed by atoms with E-state index < -0.39 is 0 Å². The molecule has 2 aromatic rings. The van der Waals surface area contributed by atoms with Gasteiger partial charge < -0.3 is 10.1 Å². The summed E-state index contributed by atoms with van der Waals surface area (Å²) >= 11 is 3.47. The highest BCUT2D eigenvalue weighted by molar-refractivity contribution is 9.10. The molecule has 0 aliphatic carbocycles. The van der Waals surface area contributed by atoms with E-state index in [-0.39, 0.29) is 5.54 Å². The Morgan fingerprint density at radius 1 is 1.24 bits per heavy atom. The van der Waals surface area contributed by atoms with Gasteiger partial charge >= 0.3 is 0 Å². The fourth-order valence-electron chi connectivity index (χ4n) is 1.83. The van der Waals surface area contributed by atoms with Gasteiger partial charge in [0.15, 0.2) is 0 Å². The molecule has 0 radical (unpaired) electrons. The van der Waals surface area contributed by atoms with Crippen LogP contribution in [0.5, 0.6) is 5.75 Å². The van der Waals surface area contributed by atoms with Crippen molar-refractivity contribution in [2.24, 2.45) is 0 Å². The number of nitrogens with one attached hydrogen (secondary N) is 1. The van der Waals surface area contributed by atoms with Crippen molar-refractivity contribution >= 4 is 15.9 Å². The van der Waals surface area contributed by atoms with Gasteiger partial charge in [-0.3, -0.25) is 4.98 Å². The fraction of sp³-hybridized carbons (Fsp3) is 0.353. The first-order valence-electron chi connectivity index (χ1n) is 6.99. The van der Waals surface area contributed by atoms with E-state index in [1.807, 2.05) is 24.3 Å². The highest BCUT2D eigenvalue weighted by Gasteiger charge is 2.11. The van der Waals surface area contributed by atoms with E-state index in [1.165, 1.54) is 0 Å². The summed E-state index contributed by atoms with van der Waals surface area (Å²) in [5.74, 6) is 0.828. The maximum Gasteiger partial charge on any atom is 0.142 e. The molecule has 1 N–H and O–H groups in total. The van der Waals surface area contributed by atoms with Crippen molar-refractivity contribution in [3.05, 3.63) is 58.3 Å². The van der Waals surface area contributed by atoms with Crippen molar-refractivity contribution in [3.8, 4) is 5.75 Å². The Morgan fingerprint density at radius 2 is 2.05 bits per heavy atom. The van der Waals surface area contributed by atoms with Crippen LogP contribution in [-0.4, -0.2) is 10.5 Å². The second kappa shape index (κ2) is 7.05. The van der Waals surface area contributed by atoms with Gasteiger partial charge in [-0.05, 0) is 44.5 Å². The summed E-state index contributed by atoms with van der Waals surface area (Å²) in [5.41, 5.74) is 2.32. The number of rotatable bonds is 5. The zero-order valence-electron chi connectivity index (χ0n) is 12.7. The van der Waals surface area contributed by atoms with Crippen LogP contribution in [0.3, 0.4) is 0 Å². The Morgan fingerprint density at radius 3 is 2.76 bits per heavy atom. The number of ether oxygens (including phenoxy) is 1. The van der Waals surface area contributed by atoms with Crippen LogP contribution >= 0.6 is 15.9 Å². The maximum atomic E-state index is 5.92. The van der Waals surface area contributed by atoms with Crippen LogP contribution in [0.15, 0.2) is 47.2 Å². The number of halogens is 1. The van der Waals surface area contributed by atoms with Crippen LogP contribution in [0.25, 0.3) is 0 Å². The Labute approximate surface area is 134 Å². The maximum absolute atomic E-state index is 5.92. The van der Waals surface area contributed by atoms with E-state index in [0.29, 0.717) is 6.61 Å². The molecule has 0 aliphatic rings. The standard InChI is InChI=1S/C17H21BrN2O/c1-17(2,3)20-10-14-7-8-19-11-16(14)21-12-13-5-4-6-15(18)9-13/h4-9,11,20H,10,12H2,1-3H3. The van der Waals surface area contributed by atoms with Crippen molar-refractivity contribution in [1.29, 1.82) is 0 Å². The van der Waals surface area contributed by atoms with Crippen molar-refractivity contribution in [1.82, 2.24) is 10.3 Å². The summed E-state index contributed by atoms with van der Waals surface area (Å²) in [6, 6.07) is 10.1. The zero-order chi connectivity index (χ0) is 15.3. The topological polar surface area (TPSA) is 34.2 Å². The average Bonchev–Trinajstić information content (AvgIpc) is 2.43. The monoisotopic (exact) mass is 348 g/mol. The van der Waals surface area contributed by atoms with Crippen LogP contribution in [-0.2, 0) is 13.2 Å². The molecule has 1 aromatic carbocycles. The average molecular weight is 349 g/mol. The molecule has 112 valence electrons. The lowest BCUT2D eigenvalue weighted by Gasteiger charge is -2.21. The summed E-state index contributed by atoms with van der Waals surface area (Å²) < 4.78 is 6.98. The van der Waals surface area contributed by atoms with Crippen LogP contribution in [0, 0.1) is 0 Å². The van der Waals surface area contributed by atoms with E-state index in [2.05, 4.69) is 53.1 Å². The number of hydrogen-bond acceptors (Lipinski definition) is 3. The molecule has 0 bridgehead atoms. The molecule has 2 rings (SSSR count). The number of benzene rings is 1. The molecule has 0 saturated heterocycles. The molecule has 3 nitrogen and oxygen atoms in total. The molecule has 1 heterocycles. The molecular formula is C17H21BrN2O. The molecule has 0 unspecified atom stereocenters. The van der Waals surface area contributed by atoms with E-state index in [4.69, 9.17) is 4.74 Å². The van der Waals surface area contributed by atoms with E-state index in [0.717, 1.165) is 27.9 Å². The molecular weight excluding hydrogens is 328 g/mol. The van der Waals surface area contributed by atoms with Crippen LogP contribution in [0.4, 0.5) is 0 Å². The number of nitrogens with zero attached hydrogens (tertiary/aromatic N) is 1. The van der Waals surface area contributed by atoms with Crippen LogP contribution in [0.2, 0.25) is 0 Å². The number of aromatic nitrogens is 1. The number of pyridine rings is 1. The normalized spacial score (nSPS) is 11.4. The van der Waals surface area contributed by atoms with E-state index in [9.17, 15) is 0 Å². The second-order valence-electron chi connectivity index (χ2n) is 6.01. The fourth-order valence-corrected chi connectivity index (χ4v) is 2.28. The second-order valence-corrected chi connectivity index (χ2v) is 6.92. The third-order valence-electron chi connectivity index (χ3n) is 2.96. The van der Waals surface area contributed by atoms with Gasteiger partial charge in [0.25, 0.3) is 0 Å². The lowest BCUT2D eigenvalue weighted by atomic mass is 10.1. The predicted molar refractivity (Wildman–Crippen MR) is 89.3 cm³/mol. The summed E-state index contributed by atoms with van der Waals surface area (Å²) in [5, 5.41) is 3.47. The molecule has 0 amide bonds. The molecule has 4 heteroatoms. The minimum atomic E-state index is 0.0742. The third kappa shape index (κ3) is 5.48. The van der Waals surface area contributed by atoms with Crippen molar-refractivity contribution in [3.63, 3.8) is 0 Å². The van der Waals surface area contributed by atoms with Gasteiger partial charge in [0.1, 0.15) is 12.4 Å². The Balaban J connectivity index is 2.03. The quantitative estimate of drug-likeness (QED) is 0.873. The van der Waals surface area contributed by atoms with Crippen LogP contribution in [0.1, 0.15) is 31.9 Å². The van der Waals surface area contributed by atoms with Crippen molar-refractivity contribution in [2.75, 3.05) is 0 Å². The van der Waals surface area contributed by atoms with Crippen molar-refractivity contribution in [2.45, 2.75) is 39.5 Å². The Bertz CT molecular complexity index is 593. The Hall–Kier alpha value is -1.39. The molecule has 1 aromatic heterocycles. The highest BCUT2D eigenvalue weighted by atomic mass is 79.9. The minimum Gasteiger partial charge on any atom is -0.487 e. The van der Waals surface area contributed by atoms with Gasteiger partial charge in [0.05, 0.1) is 6.20 Å². The minimum absolute atomic E-state index is 0.0742. The largest absolute Gasteiger partial charge is 0.487 e. The van der Waals surface area contributed by atoms with Gasteiger partial charge in [-0.25, -0.2) is 0 Å². The molecule has 0 spiro atoms. The Kier molecular flexibility index (Phi) is 5.37. The molecule has 0 fully saturated rings. The lowest BCUT2D eigenvalue weighted by Crippen LogP contribution is -2.35. The molecule has 21 heavy (non-hydrogen) atoms. The SMILES string of the molecule is CC(C)(C)NCc1ccncc1OCc1cccc(Br)c1. The first-order valence-corrected chi connectivity index (χ1v) is 7.78.